The van der Waals surface area contributed by atoms with Gasteiger partial charge in [-0.25, -0.2) is 4.39 Å². The monoisotopic (exact) mass is 397 g/mol. The van der Waals surface area contributed by atoms with E-state index in [2.05, 4.69) is 10.1 Å². The Hall–Kier alpha value is -3.42. The zero-order valence-corrected chi connectivity index (χ0v) is 16.1. The van der Waals surface area contributed by atoms with Gasteiger partial charge < -0.3 is 18.9 Å². The van der Waals surface area contributed by atoms with Crippen molar-refractivity contribution in [3.8, 4) is 22.9 Å². The molecule has 1 atom stereocenters. The number of methoxy groups -OCH3 is 2. The average molecular weight is 397 g/mol. The Bertz CT molecular complexity index is 1040. The maximum atomic E-state index is 14.0. The van der Waals surface area contributed by atoms with Crippen LogP contribution in [-0.4, -0.2) is 41.7 Å². The fourth-order valence-corrected chi connectivity index (χ4v) is 3.61. The number of ether oxygens (including phenoxy) is 2. The lowest BCUT2D eigenvalue weighted by Crippen LogP contribution is -2.31. The van der Waals surface area contributed by atoms with Gasteiger partial charge in [-0.1, -0.05) is 23.4 Å². The lowest BCUT2D eigenvalue weighted by atomic mass is 10.1. The van der Waals surface area contributed by atoms with E-state index in [1.807, 2.05) is 6.07 Å². The first-order chi connectivity index (χ1) is 14.1. The van der Waals surface area contributed by atoms with Crippen molar-refractivity contribution in [1.29, 1.82) is 0 Å². The van der Waals surface area contributed by atoms with Crippen LogP contribution in [0.25, 0.3) is 11.4 Å². The Balaban J connectivity index is 1.64. The smallest absolute Gasteiger partial charge is 0.258 e. The van der Waals surface area contributed by atoms with E-state index in [0.717, 1.165) is 6.42 Å². The molecule has 3 aromatic rings. The second-order valence-corrected chi connectivity index (χ2v) is 6.63. The number of hydrogen-bond donors (Lipinski definition) is 0. The number of nitrogens with zero attached hydrogens (tertiary/aromatic N) is 3. The number of para-hydroxylation sites is 2. The van der Waals surface area contributed by atoms with Gasteiger partial charge >= 0.3 is 0 Å². The SMILES string of the molecule is COc1ccccc1C(=O)N1CCC[C@H]1c1nc(-c2cccc(F)c2OC)no1. The minimum absolute atomic E-state index is 0.0493. The van der Waals surface area contributed by atoms with Crippen molar-refractivity contribution in [1.82, 2.24) is 15.0 Å². The Kier molecular flexibility index (Phi) is 5.16. The van der Waals surface area contributed by atoms with Crippen LogP contribution in [0.1, 0.15) is 35.1 Å². The number of benzene rings is 2. The molecule has 1 fully saturated rings. The Morgan fingerprint density at radius 1 is 1.17 bits per heavy atom. The number of carbonyl (C=O) groups is 1. The molecule has 0 radical (unpaired) electrons. The van der Waals surface area contributed by atoms with Crippen LogP contribution < -0.4 is 9.47 Å². The Labute approximate surface area is 167 Å². The second-order valence-electron chi connectivity index (χ2n) is 6.63. The van der Waals surface area contributed by atoms with Gasteiger partial charge in [-0.3, -0.25) is 4.79 Å². The molecule has 0 aliphatic carbocycles. The molecule has 0 bridgehead atoms. The van der Waals surface area contributed by atoms with E-state index >= 15 is 0 Å². The predicted octanol–water partition coefficient (Wildman–Crippen LogP) is 3.87. The highest BCUT2D eigenvalue weighted by molar-refractivity contribution is 5.97. The van der Waals surface area contributed by atoms with Gasteiger partial charge in [0.25, 0.3) is 5.91 Å². The molecule has 1 amide bonds. The molecule has 0 N–H and O–H groups in total. The van der Waals surface area contributed by atoms with E-state index < -0.39 is 5.82 Å². The molecule has 0 spiro atoms. The van der Waals surface area contributed by atoms with Gasteiger partial charge in [0.15, 0.2) is 11.6 Å². The molecule has 0 unspecified atom stereocenters. The Morgan fingerprint density at radius 2 is 2.00 bits per heavy atom. The van der Waals surface area contributed by atoms with Crippen molar-refractivity contribution in [2.75, 3.05) is 20.8 Å². The zero-order valence-electron chi connectivity index (χ0n) is 16.1. The van der Waals surface area contributed by atoms with Crippen LogP contribution in [0, 0.1) is 5.82 Å². The van der Waals surface area contributed by atoms with Crippen LogP contribution in [-0.2, 0) is 0 Å². The van der Waals surface area contributed by atoms with Gasteiger partial charge in [0.05, 0.1) is 25.3 Å². The summed E-state index contributed by atoms with van der Waals surface area (Å²) in [6.07, 6.45) is 1.51. The molecule has 150 valence electrons. The van der Waals surface area contributed by atoms with Crippen molar-refractivity contribution in [3.63, 3.8) is 0 Å². The molecule has 4 rings (SSSR count). The molecular weight excluding hydrogens is 377 g/mol. The molecule has 1 aromatic heterocycles. The highest BCUT2D eigenvalue weighted by atomic mass is 19.1. The topological polar surface area (TPSA) is 77.7 Å². The van der Waals surface area contributed by atoms with Gasteiger partial charge in [-0.2, -0.15) is 4.98 Å². The first-order valence-electron chi connectivity index (χ1n) is 9.24. The van der Waals surface area contributed by atoms with E-state index in [1.165, 1.54) is 20.3 Å². The van der Waals surface area contributed by atoms with Gasteiger partial charge in [0.2, 0.25) is 11.7 Å². The number of likely N-dealkylation sites (tertiary alicyclic amines) is 1. The van der Waals surface area contributed by atoms with Gasteiger partial charge in [0, 0.05) is 6.54 Å². The van der Waals surface area contributed by atoms with E-state index in [1.54, 1.807) is 35.2 Å². The van der Waals surface area contributed by atoms with Crippen LogP contribution in [0.15, 0.2) is 47.0 Å². The van der Waals surface area contributed by atoms with E-state index in [-0.39, 0.29) is 23.5 Å². The number of hydrogen-bond acceptors (Lipinski definition) is 6. The summed E-state index contributed by atoms with van der Waals surface area (Å²) in [5.41, 5.74) is 0.872. The third-order valence-electron chi connectivity index (χ3n) is 4.99. The molecule has 1 saturated heterocycles. The molecule has 1 aliphatic heterocycles. The quantitative estimate of drug-likeness (QED) is 0.650. The summed E-state index contributed by atoms with van der Waals surface area (Å²) in [4.78, 5) is 19.3. The molecule has 0 saturated carbocycles. The maximum Gasteiger partial charge on any atom is 0.258 e. The van der Waals surface area contributed by atoms with Crippen molar-refractivity contribution >= 4 is 5.91 Å². The summed E-state index contributed by atoms with van der Waals surface area (Å²) in [7, 11) is 2.91. The highest BCUT2D eigenvalue weighted by Gasteiger charge is 2.35. The molecule has 1 aliphatic rings. The lowest BCUT2D eigenvalue weighted by molar-refractivity contribution is 0.0706. The first-order valence-corrected chi connectivity index (χ1v) is 9.24. The summed E-state index contributed by atoms with van der Waals surface area (Å²) >= 11 is 0. The minimum Gasteiger partial charge on any atom is -0.496 e. The molecule has 2 heterocycles. The van der Waals surface area contributed by atoms with Gasteiger partial charge in [-0.05, 0) is 37.1 Å². The third-order valence-corrected chi connectivity index (χ3v) is 4.99. The number of rotatable bonds is 5. The van der Waals surface area contributed by atoms with E-state index in [0.29, 0.717) is 35.7 Å². The zero-order chi connectivity index (χ0) is 20.4. The van der Waals surface area contributed by atoms with E-state index in [9.17, 15) is 9.18 Å². The van der Waals surface area contributed by atoms with Crippen molar-refractivity contribution in [2.24, 2.45) is 0 Å². The predicted molar refractivity (Wildman–Crippen MR) is 102 cm³/mol. The first kappa shape index (κ1) is 18.9. The fraction of sp³-hybridized carbons (Fsp3) is 0.286. The summed E-state index contributed by atoms with van der Waals surface area (Å²) in [6, 6.07) is 11.2. The van der Waals surface area contributed by atoms with Crippen LogP contribution >= 0.6 is 0 Å². The van der Waals surface area contributed by atoms with Crippen molar-refractivity contribution in [2.45, 2.75) is 18.9 Å². The second kappa shape index (κ2) is 7.90. The van der Waals surface area contributed by atoms with Gasteiger partial charge in [-0.15, -0.1) is 0 Å². The molecule has 2 aromatic carbocycles. The minimum atomic E-state index is -0.509. The summed E-state index contributed by atoms with van der Waals surface area (Å²) in [6.45, 7) is 0.572. The van der Waals surface area contributed by atoms with Crippen LogP contribution in [0.2, 0.25) is 0 Å². The molecular formula is C21H20FN3O4. The Morgan fingerprint density at radius 3 is 2.79 bits per heavy atom. The number of aromatic nitrogens is 2. The van der Waals surface area contributed by atoms with Crippen LogP contribution in [0.5, 0.6) is 11.5 Å². The maximum absolute atomic E-state index is 14.0. The third kappa shape index (κ3) is 3.41. The van der Waals surface area contributed by atoms with Crippen LogP contribution in [0.3, 0.4) is 0 Å². The van der Waals surface area contributed by atoms with Crippen LogP contribution in [0.4, 0.5) is 4.39 Å². The van der Waals surface area contributed by atoms with Gasteiger partial charge in [0.1, 0.15) is 11.8 Å². The molecule has 29 heavy (non-hydrogen) atoms. The van der Waals surface area contributed by atoms with Crippen molar-refractivity contribution < 1.29 is 23.2 Å². The fourth-order valence-electron chi connectivity index (χ4n) is 3.61. The molecule has 7 nitrogen and oxygen atoms in total. The number of halogens is 1. The number of amides is 1. The summed E-state index contributed by atoms with van der Waals surface area (Å²) in [5.74, 6) is 0.422. The lowest BCUT2D eigenvalue weighted by Gasteiger charge is -2.22. The largest absolute Gasteiger partial charge is 0.496 e. The summed E-state index contributed by atoms with van der Waals surface area (Å²) < 4.78 is 29.9. The number of carbonyl (C=O) groups excluding carboxylic acids is 1. The molecule has 8 heteroatoms. The van der Waals surface area contributed by atoms with Crippen molar-refractivity contribution in [3.05, 3.63) is 59.7 Å². The standard InChI is InChI=1S/C21H20FN3O4/c1-27-17-11-4-3-7-13(17)21(26)25-12-6-10-16(25)20-23-19(24-29-20)14-8-5-9-15(22)18(14)28-2/h3-5,7-9,11,16H,6,10,12H2,1-2H3/t16-/m0/s1. The average Bonchev–Trinajstić information content (AvgIpc) is 3.42. The van der Waals surface area contributed by atoms with E-state index in [4.69, 9.17) is 14.0 Å². The summed E-state index contributed by atoms with van der Waals surface area (Å²) in [5, 5.41) is 3.99. The normalized spacial score (nSPS) is 16.1. The highest BCUT2D eigenvalue weighted by Crippen LogP contribution is 2.36.